The Labute approximate surface area is 127 Å². The first kappa shape index (κ1) is 17.5. The molecule has 1 aliphatic carbocycles. The predicted octanol–water partition coefficient (Wildman–Crippen LogP) is 2.92. The van der Waals surface area contributed by atoms with Gasteiger partial charge in [-0.3, -0.25) is 4.79 Å². The zero-order chi connectivity index (χ0) is 15.7. The average Bonchev–Trinajstić information content (AvgIpc) is 2.88. The third-order valence-electron chi connectivity index (χ3n) is 3.69. The van der Waals surface area contributed by atoms with Crippen LogP contribution in [0, 0.1) is 11.8 Å². The van der Waals surface area contributed by atoms with Crippen LogP contribution in [0.4, 0.5) is 4.79 Å². The molecule has 2 amide bonds. The molecule has 0 fully saturated rings. The molecule has 0 heterocycles. The molecule has 0 aromatic heterocycles. The van der Waals surface area contributed by atoms with Crippen molar-refractivity contribution in [2.24, 2.45) is 11.8 Å². The second kappa shape index (κ2) is 9.42. The summed E-state index contributed by atoms with van der Waals surface area (Å²) >= 11 is 0. The summed E-state index contributed by atoms with van der Waals surface area (Å²) in [5.74, 6) is -0.393. The molecule has 0 aliphatic heterocycles. The Bertz CT molecular complexity index is 378. The van der Waals surface area contributed by atoms with Gasteiger partial charge in [-0.25, -0.2) is 4.79 Å². The van der Waals surface area contributed by atoms with Gasteiger partial charge in [-0.1, -0.05) is 25.5 Å². The molecule has 0 aromatic carbocycles. The second-order valence-corrected chi connectivity index (χ2v) is 6.23. The van der Waals surface area contributed by atoms with Gasteiger partial charge < -0.3 is 15.7 Å². The van der Waals surface area contributed by atoms with Crippen molar-refractivity contribution in [1.82, 2.24) is 10.6 Å². The standard InChI is InChI=1S/C16H28N2O3/c1-12(2)9-14(10-15(19)20)11-18-16(21)17-8-7-13-5-3-4-6-13/h5,12,14H,3-4,6-11H2,1-2H3,(H,19,20)(H2,17,18,21)/t14-/m0/s1. The molecule has 3 N–H and O–H groups in total. The third kappa shape index (κ3) is 8.38. The minimum Gasteiger partial charge on any atom is -0.481 e. The molecule has 21 heavy (non-hydrogen) atoms. The molecule has 0 saturated carbocycles. The van der Waals surface area contributed by atoms with Gasteiger partial charge in [0.1, 0.15) is 0 Å². The Morgan fingerprint density at radius 1 is 1.33 bits per heavy atom. The smallest absolute Gasteiger partial charge is 0.314 e. The highest BCUT2D eigenvalue weighted by Crippen LogP contribution is 2.19. The number of hydrogen-bond acceptors (Lipinski definition) is 2. The van der Waals surface area contributed by atoms with Crippen molar-refractivity contribution in [2.45, 2.75) is 52.4 Å². The molecule has 0 spiro atoms. The molecule has 0 bridgehead atoms. The van der Waals surface area contributed by atoms with Crippen LogP contribution in [0.3, 0.4) is 0 Å². The van der Waals surface area contributed by atoms with Crippen molar-refractivity contribution in [3.8, 4) is 0 Å². The van der Waals surface area contributed by atoms with Gasteiger partial charge in [-0.2, -0.15) is 0 Å². The number of carbonyl (C=O) groups excluding carboxylic acids is 1. The maximum absolute atomic E-state index is 11.7. The summed E-state index contributed by atoms with van der Waals surface area (Å²) in [6, 6.07) is -0.201. The van der Waals surface area contributed by atoms with Gasteiger partial charge >= 0.3 is 12.0 Å². The van der Waals surface area contributed by atoms with Crippen molar-refractivity contribution < 1.29 is 14.7 Å². The van der Waals surface area contributed by atoms with E-state index in [9.17, 15) is 9.59 Å². The number of allylic oxidation sites excluding steroid dienone is 1. The third-order valence-corrected chi connectivity index (χ3v) is 3.69. The van der Waals surface area contributed by atoms with Gasteiger partial charge in [0.05, 0.1) is 0 Å². The van der Waals surface area contributed by atoms with E-state index in [2.05, 4.69) is 30.6 Å². The number of carboxylic acids is 1. The summed E-state index contributed by atoms with van der Waals surface area (Å²) in [4.78, 5) is 22.5. The Balaban J connectivity index is 2.20. The van der Waals surface area contributed by atoms with Crippen LogP contribution in [0.25, 0.3) is 0 Å². The van der Waals surface area contributed by atoms with E-state index < -0.39 is 5.97 Å². The second-order valence-electron chi connectivity index (χ2n) is 6.23. The lowest BCUT2D eigenvalue weighted by atomic mass is 9.94. The maximum atomic E-state index is 11.7. The van der Waals surface area contributed by atoms with Crippen LogP contribution < -0.4 is 10.6 Å². The Hall–Kier alpha value is -1.52. The number of hydrogen-bond donors (Lipinski definition) is 3. The molecule has 120 valence electrons. The number of urea groups is 1. The lowest BCUT2D eigenvalue weighted by molar-refractivity contribution is -0.138. The monoisotopic (exact) mass is 296 g/mol. The van der Waals surface area contributed by atoms with Crippen molar-refractivity contribution >= 4 is 12.0 Å². The van der Waals surface area contributed by atoms with Crippen LogP contribution >= 0.6 is 0 Å². The first-order valence-electron chi connectivity index (χ1n) is 7.88. The molecule has 0 radical (unpaired) electrons. The van der Waals surface area contributed by atoms with E-state index in [-0.39, 0.29) is 18.4 Å². The quantitative estimate of drug-likeness (QED) is 0.572. The van der Waals surface area contributed by atoms with E-state index >= 15 is 0 Å². The minimum absolute atomic E-state index is 0.00853. The fourth-order valence-electron chi connectivity index (χ4n) is 2.75. The largest absolute Gasteiger partial charge is 0.481 e. The highest BCUT2D eigenvalue weighted by molar-refractivity contribution is 5.74. The molecule has 1 atom stereocenters. The zero-order valence-corrected chi connectivity index (χ0v) is 13.2. The Kier molecular flexibility index (Phi) is 7.87. The molecule has 1 aliphatic rings. The van der Waals surface area contributed by atoms with Gasteiger partial charge in [0.2, 0.25) is 0 Å². The fourth-order valence-corrected chi connectivity index (χ4v) is 2.75. The minimum atomic E-state index is -0.809. The number of amides is 2. The molecule has 0 saturated heterocycles. The van der Waals surface area contributed by atoms with Gasteiger partial charge in [0, 0.05) is 19.5 Å². The summed E-state index contributed by atoms with van der Waals surface area (Å²) < 4.78 is 0. The number of carbonyl (C=O) groups is 2. The zero-order valence-electron chi connectivity index (χ0n) is 13.2. The first-order valence-corrected chi connectivity index (χ1v) is 7.88. The van der Waals surface area contributed by atoms with E-state index in [4.69, 9.17) is 5.11 Å². The maximum Gasteiger partial charge on any atom is 0.314 e. The van der Waals surface area contributed by atoms with E-state index in [0.29, 0.717) is 19.0 Å². The van der Waals surface area contributed by atoms with Gasteiger partial charge in [0.15, 0.2) is 0 Å². The van der Waals surface area contributed by atoms with Gasteiger partial charge in [-0.05, 0) is 43.9 Å². The predicted molar refractivity (Wildman–Crippen MR) is 83.2 cm³/mol. The van der Waals surface area contributed by atoms with Gasteiger partial charge in [0.25, 0.3) is 0 Å². The lowest BCUT2D eigenvalue weighted by Crippen LogP contribution is -2.39. The highest BCUT2D eigenvalue weighted by Gasteiger charge is 2.16. The van der Waals surface area contributed by atoms with Crippen LogP contribution in [0.15, 0.2) is 11.6 Å². The van der Waals surface area contributed by atoms with E-state index in [0.717, 1.165) is 25.7 Å². The van der Waals surface area contributed by atoms with Crippen molar-refractivity contribution in [2.75, 3.05) is 13.1 Å². The molecule has 0 aromatic rings. The molecular formula is C16H28N2O3. The topological polar surface area (TPSA) is 78.4 Å². The summed E-state index contributed by atoms with van der Waals surface area (Å²) in [7, 11) is 0. The Morgan fingerprint density at radius 2 is 2.10 bits per heavy atom. The van der Waals surface area contributed by atoms with Crippen LogP contribution in [-0.4, -0.2) is 30.2 Å². The van der Waals surface area contributed by atoms with Crippen molar-refractivity contribution in [3.63, 3.8) is 0 Å². The average molecular weight is 296 g/mol. The van der Waals surface area contributed by atoms with Crippen LogP contribution in [0.1, 0.15) is 52.4 Å². The van der Waals surface area contributed by atoms with Crippen LogP contribution in [-0.2, 0) is 4.79 Å². The lowest BCUT2D eigenvalue weighted by Gasteiger charge is -2.18. The van der Waals surface area contributed by atoms with Crippen molar-refractivity contribution in [1.29, 1.82) is 0 Å². The summed E-state index contributed by atoms with van der Waals surface area (Å²) in [5.41, 5.74) is 1.43. The first-order chi connectivity index (χ1) is 9.97. The summed E-state index contributed by atoms with van der Waals surface area (Å²) in [6.07, 6.45) is 7.62. The Morgan fingerprint density at radius 3 is 2.67 bits per heavy atom. The van der Waals surface area contributed by atoms with Crippen molar-refractivity contribution in [3.05, 3.63) is 11.6 Å². The van der Waals surface area contributed by atoms with Crippen LogP contribution in [0.2, 0.25) is 0 Å². The molecule has 5 nitrogen and oxygen atoms in total. The number of aliphatic carboxylic acids is 1. The van der Waals surface area contributed by atoms with E-state index in [1.807, 2.05) is 0 Å². The van der Waals surface area contributed by atoms with Gasteiger partial charge in [-0.15, -0.1) is 0 Å². The summed E-state index contributed by atoms with van der Waals surface area (Å²) in [5, 5.41) is 14.5. The molecule has 1 rings (SSSR count). The summed E-state index contributed by atoms with van der Waals surface area (Å²) in [6.45, 7) is 5.18. The molecule has 0 unspecified atom stereocenters. The number of rotatable bonds is 9. The fraction of sp³-hybridized carbons (Fsp3) is 0.750. The molecular weight excluding hydrogens is 268 g/mol. The highest BCUT2D eigenvalue weighted by atomic mass is 16.4. The SMILES string of the molecule is CC(C)C[C@H](CNC(=O)NCCC1=CCCC1)CC(=O)O. The number of carboxylic acid groups (broad SMARTS) is 1. The molecule has 5 heteroatoms. The van der Waals surface area contributed by atoms with E-state index in [1.165, 1.54) is 12.0 Å². The number of nitrogens with one attached hydrogen (secondary N) is 2. The van der Waals surface area contributed by atoms with E-state index in [1.54, 1.807) is 0 Å². The normalized spacial score (nSPS) is 15.7. The van der Waals surface area contributed by atoms with Crippen LogP contribution in [0.5, 0.6) is 0 Å².